The molecule has 0 aliphatic rings. The van der Waals surface area contributed by atoms with Gasteiger partial charge in [0.25, 0.3) is 0 Å². The Morgan fingerprint density at radius 1 is 1.16 bits per heavy atom. The second-order valence-electron chi connectivity index (χ2n) is 6.22. The van der Waals surface area contributed by atoms with Gasteiger partial charge in [-0.3, -0.25) is 4.79 Å². The molecule has 2 aromatic carbocycles. The van der Waals surface area contributed by atoms with Gasteiger partial charge in [0.05, 0.1) is 12.2 Å². The predicted octanol–water partition coefficient (Wildman–Crippen LogP) is 3.26. The Balaban J connectivity index is 1.93. The fourth-order valence-electron chi connectivity index (χ4n) is 2.51. The van der Waals surface area contributed by atoms with Crippen LogP contribution >= 0.6 is 0 Å². The van der Waals surface area contributed by atoms with Gasteiger partial charge >= 0.3 is 0 Å². The molecule has 134 valence electrons. The predicted molar refractivity (Wildman–Crippen MR) is 99.6 cm³/mol. The first kappa shape index (κ1) is 19.0. The van der Waals surface area contributed by atoms with Crippen LogP contribution in [0.4, 0.5) is 5.69 Å². The Hall–Kier alpha value is -2.37. The molecule has 0 spiro atoms. The third-order valence-electron chi connectivity index (χ3n) is 3.60. The first-order valence-corrected chi connectivity index (χ1v) is 8.46. The van der Waals surface area contributed by atoms with Crippen LogP contribution < -0.4 is 15.4 Å². The van der Waals surface area contributed by atoms with Gasteiger partial charge in [-0.05, 0) is 43.2 Å². The maximum atomic E-state index is 11.3. The Labute approximate surface area is 149 Å². The quantitative estimate of drug-likeness (QED) is 0.689. The molecule has 2 aromatic rings. The number of benzene rings is 2. The van der Waals surface area contributed by atoms with Crippen LogP contribution in [0.3, 0.4) is 0 Å². The second kappa shape index (κ2) is 9.20. The van der Waals surface area contributed by atoms with Crippen molar-refractivity contribution in [2.75, 3.05) is 11.9 Å². The van der Waals surface area contributed by atoms with Crippen LogP contribution in [0.25, 0.3) is 0 Å². The van der Waals surface area contributed by atoms with E-state index in [4.69, 9.17) is 4.74 Å². The number of ether oxygens (including phenoxy) is 1. The summed E-state index contributed by atoms with van der Waals surface area (Å²) in [5.41, 5.74) is 2.56. The zero-order valence-corrected chi connectivity index (χ0v) is 15.0. The minimum absolute atomic E-state index is 0.0933. The van der Waals surface area contributed by atoms with E-state index in [1.807, 2.05) is 62.4 Å². The van der Waals surface area contributed by atoms with Gasteiger partial charge in [0.2, 0.25) is 5.91 Å². The lowest BCUT2D eigenvalue weighted by molar-refractivity contribution is -0.114. The van der Waals surface area contributed by atoms with Crippen molar-refractivity contribution in [3.05, 3.63) is 59.7 Å². The number of amides is 1. The van der Waals surface area contributed by atoms with Crippen molar-refractivity contribution in [3.8, 4) is 5.75 Å². The Morgan fingerprint density at radius 3 is 2.64 bits per heavy atom. The largest absolute Gasteiger partial charge is 0.491 e. The number of aliphatic hydroxyl groups is 1. The summed E-state index contributed by atoms with van der Waals surface area (Å²) >= 11 is 0. The minimum atomic E-state index is -0.636. The lowest BCUT2D eigenvalue weighted by atomic mass is 10.1. The smallest absolute Gasteiger partial charge is 0.221 e. The van der Waals surface area contributed by atoms with Crippen LogP contribution in [0, 0.1) is 0 Å². The normalized spacial score (nSPS) is 12.0. The van der Waals surface area contributed by atoms with Crippen LogP contribution in [0.15, 0.2) is 48.5 Å². The highest BCUT2D eigenvalue weighted by Crippen LogP contribution is 2.20. The molecule has 3 N–H and O–H groups in total. The number of rotatable bonds is 8. The van der Waals surface area contributed by atoms with Gasteiger partial charge in [0, 0.05) is 25.7 Å². The molecule has 0 aliphatic carbocycles. The van der Waals surface area contributed by atoms with E-state index in [-0.39, 0.29) is 12.0 Å². The third-order valence-corrected chi connectivity index (χ3v) is 3.60. The summed E-state index contributed by atoms with van der Waals surface area (Å²) < 4.78 is 5.66. The molecule has 1 atom stereocenters. The van der Waals surface area contributed by atoms with Crippen LogP contribution in [-0.4, -0.2) is 23.7 Å². The topological polar surface area (TPSA) is 70.6 Å². The Kier molecular flexibility index (Phi) is 6.98. The number of para-hydroxylation sites is 1. The van der Waals surface area contributed by atoms with Gasteiger partial charge in [-0.15, -0.1) is 0 Å². The van der Waals surface area contributed by atoms with Crippen molar-refractivity contribution in [2.45, 2.75) is 39.5 Å². The molecule has 25 heavy (non-hydrogen) atoms. The first-order chi connectivity index (χ1) is 12.0. The van der Waals surface area contributed by atoms with E-state index < -0.39 is 6.10 Å². The Morgan fingerprint density at radius 2 is 1.92 bits per heavy atom. The molecule has 0 aromatic heterocycles. The van der Waals surface area contributed by atoms with Gasteiger partial charge < -0.3 is 20.5 Å². The van der Waals surface area contributed by atoms with E-state index in [1.165, 1.54) is 6.92 Å². The molecular weight excluding hydrogens is 316 g/mol. The highest BCUT2D eigenvalue weighted by molar-refractivity contribution is 5.89. The molecule has 1 amide bonds. The number of nitrogens with one attached hydrogen (secondary N) is 2. The van der Waals surface area contributed by atoms with Crippen molar-refractivity contribution in [3.63, 3.8) is 0 Å². The average Bonchev–Trinajstić information content (AvgIpc) is 2.55. The van der Waals surface area contributed by atoms with E-state index in [1.54, 1.807) is 0 Å². The molecule has 5 nitrogen and oxygen atoms in total. The zero-order chi connectivity index (χ0) is 18.2. The van der Waals surface area contributed by atoms with Crippen molar-refractivity contribution >= 4 is 11.6 Å². The van der Waals surface area contributed by atoms with Crippen LogP contribution in [0.1, 0.15) is 38.0 Å². The van der Waals surface area contributed by atoms with Crippen LogP contribution in [-0.2, 0) is 11.3 Å². The van der Waals surface area contributed by atoms with Gasteiger partial charge in [0.15, 0.2) is 0 Å². The SMILES string of the molecule is CC(=O)Nc1ccccc1CNCC(O)c1cccc(OC(C)C)c1. The molecule has 5 heteroatoms. The second-order valence-corrected chi connectivity index (χ2v) is 6.22. The van der Waals surface area contributed by atoms with Crippen LogP contribution in [0.2, 0.25) is 0 Å². The van der Waals surface area contributed by atoms with E-state index >= 15 is 0 Å². The molecule has 0 bridgehead atoms. The summed E-state index contributed by atoms with van der Waals surface area (Å²) in [5, 5.41) is 16.4. The zero-order valence-electron chi connectivity index (χ0n) is 15.0. The average molecular weight is 342 g/mol. The molecule has 0 heterocycles. The molecule has 0 saturated carbocycles. The van der Waals surface area contributed by atoms with Crippen LogP contribution in [0.5, 0.6) is 5.75 Å². The summed E-state index contributed by atoms with van der Waals surface area (Å²) in [6, 6.07) is 15.1. The van der Waals surface area contributed by atoms with Gasteiger partial charge in [-0.25, -0.2) is 0 Å². The number of hydrogen-bond donors (Lipinski definition) is 3. The fourth-order valence-corrected chi connectivity index (χ4v) is 2.51. The standard InChI is InChI=1S/C20H26N2O3/c1-14(2)25-18-9-6-8-16(11-18)20(24)13-21-12-17-7-4-5-10-19(17)22-15(3)23/h4-11,14,20-21,24H,12-13H2,1-3H3,(H,22,23). The van der Waals surface area contributed by atoms with E-state index in [0.717, 1.165) is 22.6 Å². The number of aliphatic hydroxyl groups excluding tert-OH is 1. The molecule has 0 aliphatic heterocycles. The molecular formula is C20H26N2O3. The van der Waals surface area contributed by atoms with E-state index in [9.17, 15) is 9.90 Å². The lowest BCUT2D eigenvalue weighted by Gasteiger charge is -2.16. The first-order valence-electron chi connectivity index (χ1n) is 8.46. The van der Waals surface area contributed by atoms with Crippen molar-refractivity contribution in [2.24, 2.45) is 0 Å². The van der Waals surface area contributed by atoms with Crippen molar-refractivity contribution in [1.29, 1.82) is 0 Å². The monoisotopic (exact) mass is 342 g/mol. The van der Waals surface area contributed by atoms with Gasteiger partial charge in [-0.1, -0.05) is 30.3 Å². The number of carbonyl (C=O) groups excluding carboxylic acids is 1. The minimum Gasteiger partial charge on any atom is -0.491 e. The lowest BCUT2D eigenvalue weighted by Crippen LogP contribution is -2.22. The highest BCUT2D eigenvalue weighted by atomic mass is 16.5. The summed E-state index contributed by atoms with van der Waals surface area (Å²) in [4.78, 5) is 11.3. The van der Waals surface area contributed by atoms with E-state index in [0.29, 0.717) is 13.1 Å². The highest BCUT2D eigenvalue weighted by Gasteiger charge is 2.10. The molecule has 1 unspecified atom stereocenters. The molecule has 0 radical (unpaired) electrons. The van der Waals surface area contributed by atoms with Crippen molar-refractivity contribution in [1.82, 2.24) is 5.32 Å². The maximum Gasteiger partial charge on any atom is 0.221 e. The third kappa shape index (κ3) is 6.21. The van der Waals surface area contributed by atoms with Crippen molar-refractivity contribution < 1.29 is 14.6 Å². The maximum absolute atomic E-state index is 11.3. The summed E-state index contributed by atoms with van der Waals surface area (Å²) in [6.45, 7) is 6.38. The molecule has 0 fully saturated rings. The number of anilines is 1. The summed E-state index contributed by atoms with van der Waals surface area (Å²) in [6.07, 6.45) is -0.542. The number of carbonyl (C=O) groups is 1. The summed E-state index contributed by atoms with van der Waals surface area (Å²) in [7, 11) is 0. The van der Waals surface area contributed by atoms with Gasteiger partial charge in [-0.2, -0.15) is 0 Å². The number of hydrogen-bond acceptors (Lipinski definition) is 4. The summed E-state index contributed by atoms with van der Waals surface area (Å²) in [5.74, 6) is 0.650. The molecule has 0 saturated heterocycles. The van der Waals surface area contributed by atoms with Gasteiger partial charge in [0.1, 0.15) is 5.75 Å². The fraction of sp³-hybridized carbons (Fsp3) is 0.350. The van der Waals surface area contributed by atoms with E-state index in [2.05, 4.69) is 10.6 Å². The Bertz CT molecular complexity index is 701. The molecule has 2 rings (SSSR count).